The van der Waals surface area contributed by atoms with E-state index in [2.05, 4.69) is 26.1 Å². The van der Waals surface area contributed by atoms with Crippen molar-refractivity contribution in [2.45, 2.75) is 39.3 Å². The summed E-state index contributed by atoms with van der Waals surface area (Å²) in [6.45, 7) is 9.07. The second-order valence-electron chi connectivity index (χ2n) is 4.34. The topological polar surface area (TPSA) is 32.3 Å². The lowest BCUT2D eigenvalue weighted by atomic mass is 10.0. The molecule has 2 nitrogen and oxygen atoms in total. The van der Waals surface area contributed by atoms with E-state index in [0.29, 0.717) is 18.5 Å². The molecule has 0 saturated carbocycles. The van der Waals surface area contributed by atoms with Gasteiger partial charge < -0.3 is 10.4 Å². The minimum absolute atomic E-state index is 0.466. The van der Waals surface area contributed by atoms with Gasteiger partial charge in [0.1, 0.15) is 0 Å². The molecule has 0 aliphatic heterocycles. The first-order chi connectivity index (χ1) is 5.89. The average molecular weight is 205 g/mol. The van der Waals surface area contributed by atoms with Crippen LogP contribution in [0.15, 0.2) is 0 Å². The van der Waals surface area contributed by atoms with E-state index in [-0.39, 0.29) is 0 Å². The molecule has 0 amide bonds. The molecule has 13 heavy (non-hydrogen) atoms. The highest BCUT2D eigenvalue weighted by molar-refractivity contribution is 7.98. The largest absolute Gasteiger partial charge is 0.388 e. The summed E-state index contributed by atoms with van der Waals surface area (Å²) in [4.78, 5) is 0. The maximum absolute atomic E-state index is 9.86. The molecular weight excluding hydrogens is 182 g/mol. The molecule has 2 N–H and O–H groups in total. The van der Waals surface area contributed by atoms with Crippen molar-refractivity contribution in [2.24, 2.45) is 5.92 Å². The van der Waals surface area contributed by atoms with Gasteiger partial charge in [-0.15, -0.1) is 0 Å². The first kappa shape index (κ1) is 13.3. The maximum atomic E-state index is 9.86. The zero-order valence-electron chi connectivity index (χ0n) is 9.42. The van der Waals surface area contributed by atoms with Gasteiger partial charge in [0.2, 0.25) is 0 Å². The Morgan fingerprint density at radius 1 is 1.38 bits per heavy atom. The van der Waals surface area contributed by atoms with E-state index in [4.69, 9.17) is 0 Å². The highest BCUT2D eigenvalue weighted by atomic mass is 32.2. The molecule has 0 bridgehead atoms. The number of thioether (sulfide) groups is 1. The average Bonchev–Trinajstić information content (AvgIpc) is 2.00. The second kappa shape index (κ2) is 5.89. The predicted molar refractivity (Wildman–Crippen MR) is 61.3 cm³/mol. The van der Waals surface area contributed by atoms with Gasteiger partial charge in [-0.05, 0) is 26.0 Å². The van der Waals surface area contributed by atoms with Crippen molar-refractivity contribution >= 4 is 11.8 Å². The van der Waals surface area contributed by atoms with Crippen LogP contribution in [0.5, 0.6) is 0 Å². The van der Waals surface area contributed by atoms with E-state index in [9.17, 15) is 5.11 Å². The molecule has 0 aliphatic rings. The van der Waals surface area contributed by atoms with E-state index in [1.54, 1.807) is 11.8 Å². The molecule has 0 aromatic carbocycles. The minimum Gasteiger partial charge on any atom is -0.388 e. The molecule has 80 valence electrons. The van der Waals surface area contributed by atoms with Crippen molar-refractivity contribution in [3.63, 3.8) is 0 Å². The number of hydrogen-bond acceptors (Lipinski definition) is 3. The van der Waals surface area contributed by atoms with Crippen LogP contribution >= 0.6 is 11.8 Å². The molecule has 0 aromatic heterocycles. The highest BCUT2D eigenvalue weighted by Gasteiger charge is 2.20. The Hall–Kier alpha value is 0.270. The molecule has 0 rings (SSSR count). The third kappa shape index (κ3) is 6.36. The van der Waals surface area contributed by atoms with E-state index < -0.39 is 5.60 Å². The van der Waals surface area contributed by atoms with Crippen molar-refractivity contribution < 1.29 is 5.11 Å². The van der Waals surface area contributed by atoms with Crippen molar-refractivity contribution in [1.82, 2.24) is 5.32 Å². The predicted octanol–water partition coefficient (Wildman–Crippen LogP) is 1.73. The summed E-state index contributed by atoms with van der Waals surface area (Å²) in [5.74, 6) is 1.40. The van der Waals surface area contributed by atoms with Gasteiger partial charge in [0.25, 0.3) is 0 Å². The van der Waals surface area contributed by atoms with Crippen molar-refractivity contribution in [3.8, 4) is 0 Å². The van der Waals surface area contributed by atoms with E-state index >= 15 is 0 Å². The van der Waals surface area contributed by atoms with Gasteiger partial charge in [-0.3, -0.25) is 0 Å². The molecule has 0 fully saturated rings. The van der Waals surface area contributed by atoms with Crippen LogP contribution in [0.1, 0.15) is 27.7 Å². The Morgan fingerprint density at radius 3 is 2.31 bits per heavy atom. The number of hydrogen-bond donors (Lipinski definition) is 2. The normalized spacial score (nSPS) is 18.7. The molecule has 2 atom stereocenters. The summed E-state index contributed by atoms with van der Waals surface area (Å²) in [6.07, 6.45) is 2.01. The fraction of sp³-hybridized carbons (Fsp3) is 1.00. The van der Waals surface area contributed by atoms with Gasteiger partial charge in [0.15, 0.2) is 0 Å². The number of rotatable bonds is 6. The summed E-state index contributed by atoms with van der Waals surface area (Å²) in [5, 5.41) is 13.2. The molecule has 3 heteroatoms. The van der Waals surface area contributed by atoms with Gasteiger partial charge in [0, 0.05) is 18.3 Å². The zero-order chi connectivity index (χ0) is 10.5. The fourth-order valence-electron chi connectivity index (χ4n) is 0.979. The Bertz CT molecular complexity index is 137. The third-order valence-corrected chi connectivity index (χ3v) is 3.17. The lowest BCUT2D eigenvalue weighted by Crippen LogP contribution is -2.44. The Labute approximate surface area is 86.5 Å². The SMILES string of the molecule is CSCC(C)(O)CNC(C)C(C)C. The first-order valence-corrected chi connectivity index (χ1v) is 6.23. The summed E-state index contributed by atoms with van der Waals surface area (Å²) >= 11 is 1.68. The highest BCUT2D eigenvalue weighted by Crippen LogP contribution is 2.10. The van der Waals surface area contributed by atoms with E-state index in [1.165, 1.54) is 0 Å². The standard InChI is InChI=1S/C10H23NOS/c1-8(2)9(3)11-6-10(4,12)7-13-5/h8-9,11-12H,6-7H2,1-5H3. The molecule has 0 saturated heterocycles. The maximum Gasteiger partial charge on any atom is 0.0833 e. The summed E-state index contributed by atoms with van der Waals surface area (Å²) < 4.78 is 0. The van der Waals surface area contributed by atoms with Crippen molar-refractivity contribution in [1.29, 1.82) is 0 Å². The van der Waals surface area contributed by atoms with Crippen molar-refractivity contribution in [3.05, 3.63) is 0 Å². The van der Waals surface area contributed by atoms with Gasteiger partial charge in [-0.25, -0.2) is 0 Å². The third-order valence-electron chi connectivity index (χ3n) is 2.26. The Balaban J connectivity index is 3.73. The first-order valence-electron chi connectivity index (χ1n) is 4.84. The van der Waals surface area contributed by atoms with Gasteiger partial charge in [0.05, 0.1) is 5.60 Å². The molecular formula is C10H23NOS. The molecule has 0 aromatic rings. The fourth-order valence-corrected chi connectivity index (χ4v) is 1.70. The van der Waals surface area contributed by atoms with Crippen LogP contribution in [0.25, 0.3) is 0 Å². The molecule has 0 radical (unpaired) electrons. The summed E-state index contributed by atoms with van der Waals surface area (Å²) in [6, 6.07) is 0.466. The van der Waals surface area contributed by atoms with Crippen LogP contribution in [0.4, 0.5) is 0 Å². The number of nitrogens with one attached hydrogen (secondary N) is 1. The lowest BCUT2D eigenvalue weighted by molar-refractivity contribution is 0.0801. The van der Waals surface area contributed by atoms with Crippen LogP contribution in [0.3, 0.4) is 0 Å². The zero-order valence-corrected chi connectivity index (χ0v) is 10.2. The summed E-state index contributed by atoms with van der Waals surface area (Å²) in [5.41, 5.74) is -0.581. The minimum atomic E-state index is -0.581. The van der Waals surface area contributed by atoms with Crippen LogP contribution in [0.2, 0.25) is 0 Å². The van der Waals surface area contributed by atoms with Gasteiger partial charge in [-0.1, -0.05) is 13.8 Å². The molecule has 0 aliphatic carbocycles. The van der Waals surface area contributed by atoms with E-state index in [1.807, 2.05) is 13.2 Å². The smallest absolute Gasteiger partial charge is 0.0833 e. The van der Waals surface area contributed by atoms with Gasteiger partial charge in [-0.2, -0.15) is 11.8 Å². The Kier molecular flexibility index (Phi) is 6.01. The summed E-state index contributed by atoms with van der Waals surface area (Å²) in [7, 11) is 0. The van der Waals surface area contributed by atoms with Crippen LogP contribution in [-0.4, -0.2) is 35.3 Å². The van der Waals surface area contributed by atoms with Crippen LogP contribution < -0.4 is 5.32 Å². The van der Waals surface area contributed by atoms with Gasteiger partial charge >= 0.3 is 0 Å². The van der Waals surface area contributed by atoms with Crippen LogP contribution in [0, 0.1) is 5.92 Å². The Morgan fingerprint density at radius 2 is 1.92 bits per heavy atom. The molecule has 2 unspecified atom stereocenters. The number of aliphatic hydroxyl groups is 1. The molecule has 0 spiro atoms. The molecule has 0 heterocycles. The quantitative estimate of drug-likeness (QED) is 0.693. The van der Waals surface area contributed by atoms with Crippen LogP contribution in [-0.2, 0) is 0 Å². The monoisotopic (exact) mass is 205 g/mol. The van der Waals surface area contributed by atoms with E-state index in [0.717, 1.165) is 5.75 Å². The second-order valence-corrected chi connectivity index (χ2v) is 5.21. The van der Waals surface area contributed by atoms with Crippen molar-refractivity contribution in [2.75, 3.05) is 18.6 Å². The lowest BCUT2D eigenvalue weighted by Gasteiger charge is -2.26.